The number of hydrogen-bond donors (Lipinski definition) is 1. The third-order valence-corrected chi connectivity index (χ3v) is 6.55. The van der Waals surface area contributed by atoms with Gasteiger partial charge >= 0.3 is 0 Å². The number of carbonyl (C=O) groups is 2. The zero-order valence-electron chi connectivity index (χ0n) is 18.7. The van der Waals surface area contributed by atoms with Crippen LogP contribution in [0.25, 0.3) is 16.4 Å². The van der Waals surface area contributed by atoms with E-state index in [0.29, 0.717) is 16.6 Å². The second-order valence-electron chi connectivity index (χ2n) is 8.34. The van der Waals surface area contributed by atoms with Crippen molar-refractivity contribution in [1.82, 2.24) is 14.8 Å². The Balaban J connectivity index is 1.33. The van der Waals surface area contributed by atoms with Crippen molar-refractivity contribution < 1.29 is 14.0 Å². The first kappa shape index (κ1) is 22.0. The Bertz CT molecular complexity index is 1360. The molecule has 7 nitrogen and oxygen atoms in total. The molecule has 0 bridgehead atoms. The minimum atomic E-state index is -0.527. The van der Waals surface area contributed by atoms with E-state index >= 15 is 0 Å². The molecule has 1 aliphatic rings. The summed E-state index contributed by atoms with van der Waals surface area (Å²) < 4.78 is 14.8. The number of thiazole rings is 1. The Hall–Kier alpha value is -3.85. The number of amides is 2. The first-order valence-corrected chi connectivity index (χ1v) is 11.7. The van der Waals surface area contributed by atoms with Crippen LogP contribution in [0.4, 0.5) is 15.9 Å². The fraction of sp³-hybridized carbons (Fsp3) is 0.200. The largest absolute Gasteiger partial charge is 0.312 e. The van der Waals surface area contributed by atoms with E-state index in [4.69, 9.17) is 4.98 Å². The summed E-state index contributed by atoms with van der Waals surface area (Å²) in [6, 6.07) is 15.6. The van der Waals surface area contributed by atoms with Crippen molar-refractivity contribution >= 4 is 34.7 Å². The molecule has 1 N–H and O–H groups in total. The van der Waals surface area contributed by atoms with Gasteiger partial charge < -0.3 is 10.2 Å². The van der Waals surface area contributed by atoms with Gasteiger partial charge in [-0.2, -0.15) is 9.78 Å². The van der Waals surface area contributed by atoms with E-state index in [1.165, 1.54) is 33.9 Å². The molecule has 172 valence electrons. The molecule has 0 saturated carbocycles. The summed E-state index contributed by atoms with van der Waals surface area (Å²) in [6.07, 6.45) is 0.0884. The Morgan fingerprint density at radius 1 is 1.12 bits per heavy atom. The van der Waals surface area contributed by atoms with E-state index in [0.717, 1.165) is 17.0 Å². The van der Waals surface area contributed by atoms with Crippen LogP contribution in [0.3, 0.4) is 0 Å². The van der Waals surface area contributed by atoms with Gasteiger partial charge in [-0.15, -0.1) is 11.3 Å². The summed E-state index contributed by atoms with van der Waals surface area (Å²) in [6.45, 7) is 4.11. The summed E-state index contributed by atoms with van der Waals surface area (Å²) in [5.74, 6) is -0.838. The Morgan fingerprint density at radius 3 is 2.59 bits per heavy atom. The first-order chi connectivity index (χ1) is 16.4. The average molecular weight is 476 g/mol. The number of anilines is 2. The van der Waals surface area contributed by atoms with E-state index in [9.17, 15) is 14.0 Å². The summed E-state index contributed by atoms with van der Waals surface area (Å²) in [7, 11) is 0. The second kappa shape index (κ2) is 8.83. The number of aromatic nitrogens is 3. The SMILES string of the molecule is Cc1ccc(-c2csc(-n3nc(C)cc3NC(=O)[C@H]3CC(=O)N(c4ccc(F)cc4)C3)n2)cc1. The summed E-state index contributed by atoms with van der Waals surface area (Å²) in [5, 5.41) is 10.0. The van der Waals surface area contributed by atoms with Crippen LogP contribution < -0.4 is 10.2 Å². The lowest BCUT2D eigenvalue weighted by Crippen LogP contribution is -2.28. The van der Waals surface area contributed by atoms with Crippen molar-refractivity contribution in [2.75, 3.05) is 16.8 Å². The van der Waals surface area contributed by atoms with E-state index in [1.807, 2.05) is 43.5 Å². The van der Waals surface area contributed by atoms with Gasteiger partial charge in [0, 0.05) is 35.7 Å². The molecule has 0 spiro atoms. The lowest BCUT2D eigenvalue weighted by Gasteiger charge is -2.16. The summed E-state index contributed by atoms with van der Waals surface area (Å²) in [5.41, 5.74) is 4.33. The van der Waals surface area contributed by atoms with Crippen molar-refractivity contribution in [2.24, 2.45) is 5.92 Å². The number of nitrogens with one attached hydrogen (secondary N) is 1. The predicted molar refractivity (Wildman–Crippen MR) is 130 cm³/mol. The molecule has 2 aromatic carbocycles. The molecule has 9 heteroatoms. The number of hydrogen-bond acceptors (Lipinski definition) is 5. The van der Waals surface area contributed by atoms with Crippen LogP contribution in [0, 0.1) is 25.6 Å². The number of carbonyl (C=O) groups excluding carboxylic acids is 2. The zero-order chi connectivity index (χ0) is 23.8. The molecular formula is C25H22FN5O2S. The van der Waals surface area contributed by atoms with E-state index in [2.05, 4.69) is 10.4 Å². The van der Waals surface area contributed by atoms with Gasteiger partial charge in [0.05, 0.1) is 17.3 Å². The van der Waals surface area contributed by atoms with Crippen LogP contribution in [0.2, 0.25) is 0 Å². The average Bonchev–Trinajstić information content (AvgIpc) is 3.53. The van der Waals surface area contributed by atoms with Crippen LogP contribution in [-0.2, 0) is 9.59 Å². The maximum atomic E-state index is 13.2. The van der Waals surface area contributed by atoms with Gasteiger partial charge in [-0.05, 0) is 38.1 Å². The molecule has 1 fully saturated rings. The third kappa shape index (κ3) is 4.34. The fourth-order valence-electron chi connectivity index (χ4n) is 3.93. The molecule has 1 saturated heterocycles. The van der Waals surface area contributed by atoms with Gasteiger partial charge in [0.1, 0.15) is 11.6 Å². The van der Waals surface area contributed by atoms with Gasteiger partial charge in [-0.25, -0.2) is 9.37 Å². The van der Waals surface area contributed by atoms with E-state index in [-0.39, 0.29) is 30.6 Å². The standard InChI is InChI=1S/C25H22FN5O2S/c1-15-3-5-17(6-4-15)21-14-34-25(27-21)31-22(11-16(2)29-31)28-24(33)18-12-23(32)30(13-18)20-9-7-19(26)8-10-20/h3-11,14,18H,12-13H2,1-2H3,(H,28,33)/t18-/m0/s1. The second-order valence-corrected chi connectivity index (χ2v) is 9.17. The quantitative estimate of drug-likeness (QED) is 0.452. The number of rotatable bonds is 5. The van der Waals surface area contributed by atoms with E-state index in [1.54, 1.807) is 22.9 Å². The first-order valence-electron chi connectivity index (χ1n) is 10.8. The highest BCUT2D eigenvalue weighted by Crippen LogP contribution is 2.29. The lowest BCUT2D eigenvalue weighted by atomic mass is 10.1. The van der Waals surface area contributed by atoms with Crippen molar-refractivity contribution in [3.05, 3.63) is 77.1 Å². The Morgan fingerprint density at radius 2 is 1.85 bits per heavy atom. The molecule has 3 heterocycles. The normalized spacial score (nSPS) is 15.7. The summed E-state index contributed by atoms with van der Waals surface area (Å²) >= 11 is 1.43. The van der Waals surface area contributed by atoms with Crippen LogP contribution in [-0.4, -0.2) is 33.1 Å². The van der Waals surface area contributed by atoms with Crippen molar-refractivity contribution in [2.45, 2.75) is 20.3 Å². The van der Waals surface area contributed by atoms with Crippen molar-refractivity contribution in [1.29, 1.82) is 0 Å². The molecule has 34 heavy (non-hydrogen) atoms. The van der Waals surface area contributed by atoms with Gasteiger partial charge in [0.25, 0.3) is 0 Å². The molecule has 0 unspecified atom stereocenters. The number of halogens is 1. The smallest absolute Gasteiger partial charge is 0.230 e. The van der Waals surface area contributed by atoms with Crippen LogP contribution in [0.1, 0.15) is 17.7 Å². The molecule has 5 rings (SSSR count). The van der Waals surface area contributed by atoms with Crippen molar-refractivity contribution in [3.63, 3.8) is 0 Å². The highest BCUT2D eigenvalue weighted by Gasteiger charge is 2.35. The van der Waals surface area contributed by atoms with E-state index < -0.39 is 5.92 Å². The maximum Gasteiger partial charge on any atom is 0.230 e. The minimum Gasteiger partial charge on any atom is -0.312 e. The predicted octanol–water partition coefficient (Wildman–Crippen LogP) is 4.74. The van der Waals surface area contributed by atoms with Gasteiger partial charge in [0.2, 0.25) is 16.9 Å². The molecule has 0 radical (unpaired) electrons. The number of benzene rings is 2. The fourth-order valence-corrected chi connectivity index (χ4v) is 4.73. The third-order valence-electron chi connectivity index (χ3n) is 5.74. The lowest BCUT2D eigenvalue weighted by molar-refractivity contribution is -0.122. The molecular weight excluding hydrogens is 453 g/mol. The highest BCUT2D eigenvalue weighted by molar-refractivity contribution is 7.12. The molecule has 1 atom stereocenters. The Kier molecular flexibility index (Phi) is 5.70. The summed E-state index contributed by atoms with van der Waals surface area (Å²) in [4.78, 5) is 31.8. The molecule has 0 aliphatic carbocycles. The van der Waals surface area contributed by atoms with Gasteiger partial charge in [-0.3, -0.25) is 9.59 Å². The molecule has 4 aromatic rings. The molecule has 2 aromatic heterocycles. The highest BCUT2D eigenvalue weighted by atomic mass is 32.1. The number of nitrogens with zero attached hydrogens (tertiary/aromatic N) is 4. The van der Waals surface area contributed by atoms with Gasteiger partial charge in [-0.1, -0.05) is 29.8 Å². The zero-order valence-corrected chi connectivity index (χ0v) is 19.5. The topological polar surface area (TPSA) is 80.1 Å². The van der Waals surface area contributed by atoms with Crippen molar-refractivity contribution in [3.8, 4) is 16.4 Å². The molecule has 1 aliphatic heterocycles. The van der Waals surface area contributed by atoms with Crippen LogP contribution in [0.5, 0.6) is 0 Å². The number of aryl methyl sites for hydroxylation is 2. The van der Waals surface area contributed by atoms with Crippen LogP contribution >= 0.6 is 11.3 Å². The van der Waals surface area contributed by atoms with Gasteiger partial charge in [0.15, 0.2) is 0 Å². The minimum absolute atomic E-state index is 0.0884. The maximum absolute atomic E-state index is 13.2. The monoisotopic (exact) mass is 475 g/mol. The van der Waals surface area contributed by atoms with Crippen LogP contribution in [0.15, 0.2) is 60.0 Å². The Labute approximate surface area is 199 Å². The molecule has 2 amide bonds.